The molecule has 0 aromatic heterocycles. The molecule has 3 aromatic carbocycles. The van der Waals surface area contributed by atoms with Crippen molar-refractivity contribution in [1.82, 2.24) is 9.80 Å². The lowest BCUT2D eigenvalue weighted by molar-refractivity contribution is -0.134. The molecule has 3 aromatic rings. The van der Waals surface area contributed by atoms with Gasteiger partial charge in [0, 0.05) is 36.8 Å². The van der Waals surface area contributed by atoms with E-state index in [0.717, 1.165) is 6.54 Å². The van der Waals surface area contributed by atoms with Gasteiger partial charge in [0.1, 0.15) is 11.9 Å². The first-order chi connectivity index (χ1) is 18.7. The number of amides is 1. The summed E-state index contributed by atoms with van der Waals surface area (Å²) in [4.78, 5) is 17.5. The molecule has 2 N–H and O–H groups in total. The Labute approximate surface area is 231 Å². The number of carbonyl (C=O) groups is 1. The number of fused-ring (bicyclic) bond motifs is 1. The molecule has 1 heterocycles. The second-order valence-electron chi connectivity index (χ2n) is 10.3. The SMILES string of the molecule is C[C@@H]1CN([C@@H](C)CO)C(=O)Cc2cc(NS(=O)(=O)c3ccccc3)ccc2O[C@@H]1CN(C)Cc1ccccc1. The van der Waals surface area contributed by atoms with Gasteiger partial charge in [-0.05, 0) is 49.9 Å². The number of nitrogens with one attached hydrogen (secondary N) is 1. The molecule has 0 radical (unpaired) electrons. The van der Waals surface area contributed by atoms with Crippen molar-refractivity contribution in [2.45, 2.75) is 43.9 Å². The molecule has 0 fully saturated rings. The maximum atomic E-state index is 13.4. The van der Waals surface area contributed by atoms with E-state index < -0.39 is 10.0 Å². The van der Waals surface area contributed by atoms with E-state index in [9.17, 15) is 18.3 Å². The molecule has 0 saturated heterocycles. The lowest BCUT2D eigenvalue weighted by Crippen LogP contribution is -2.47. The number of hydrogen-bond donors (Lipinski definition) is 2. The fourth-order valence-corrected chi connectivity index (χ4v) is 5.86. The second kappa shape index (κ2) is 12.6. The van der Waals surface area contributed by atoms with Crippen molar-refractivity contribution in [3.63, 3.8) is 0 Å². The van der Waals surface area contributed by atoms with Crippen LogP contribution in [0.15, 0.2) is 83.8 Å². The van der Waals surface area contributed by atoms with Crippen LogP contribution < -0.4 is 9.46 Å². The van der Waals surface area contributed by atoms with E-state index in [4.69, 9.17) is 4.74 Å². The van der Waals surface area contributed by atoms with Gasteiger partial charge in [-0.1, -0.05) is 55.5 Å². The normalized spacial score (nSPS) is 18.9. The molecule has 1 aliphatic rings. The number of nitrogens with zero attached hydrogens (tertiary/aromatic N) is 2. The third kappa shape index (κ3) is 7.38. The Bertz CT molecular complexity index is 1350. The van der Waals surface area contributed by atoms with Gasteiger partial charge in [-0.3, -0.25) is 14.4 Å². The maximum Gasteiger partial charge on any atom is 0.261 e. The first kappa shape index (κ1) is 28.6. The van der Waals surface area contributed by atoms with Crippen LogP contribution in [0.5, 0.6) is 5.75 Å². The van der Waals surface area contributed by atoms with Crippen molar-refractivity contribution in [2.75, 3.05) is 31.5 Å². The lowest BCUT2D eigenvalue weighted by Gasteiger charge is -2.34. The number of aliphatic hydroxyl groups is 1. The summed E-state index contributed by atoms with van der Waals surface area (Å²) in [6.07, 6.45) is -0.219. The molecule has 0 spiro atoms. The van der Waals surface area contributed by atoms with E-state index in [1.54, 1.807) is 41.3 Å². The third-order valence-electron chi connectivity index (χ3n) is 7.01. The quantitative estimate of drug-likeness (QED) is 0.420. The van der Waals surface area contributed by atoms with Crippen LogP contribution in [0.1, 0.15) is 25.0 Å². The molecule has 0 saturated carbocycles. The largest absolute Gasteiger partial charge is 0.488 e. The Hall–Kier alpha value is -3.40. The van der Waals surface area contributed by atoms with Crippen LogP contribution in [0.3, 0.4) is 0 Å². The Morgan fingerprint density at radius 2 is 1.74 bits per heavy atom. The topological polar surface area (TPSA) is 99.2 Å². The number of carbonyl (C=O) groups excluding carboxylic acids is 1. The summed E-state index contributed by atoms with van der Waals surface area (Å²) in [5, 5.41) is 9.86. The molecule has 0 aliphatic carbocycles. The summed E-state index contributed by atoms with van der Waals surface area (Å²) in [5.41, 5.74) is 2.13. The van der Waals surface area contributed by atoms with E-state index >= 15 is 0 Å². The molecule has 0 unspecified atom stereocenters. The van der Waals surface area contributed by atoms with Crippen molar-refractivity contribution in [3.05, 3.63) is 90.0 Å². The number of anilines is 1. The highest BCUT2D eigenvalue weighted by Crippen LogP contribution is 2.30. The smallest absolute Gasteiger partial charge is 0.261 e. The van der Waals surface area contributed by atoms with Crippen LogP contribution in [-0.2, 0) is 27.8 Å². The van der Waals surface area contributed by atoms with Gasteiger partial charge in [0.2, 0.25) is 5.91 Å². The van der Waals surface area contributed by atoms with Gasteiger partial charge < -0.3 is 14.7 Å². The summed E-state index contributed by atoms with van der Waals surface area (Å²) in [6, 6.07) is 23.0. The summed E-state index contributed by atoms with van der Waals surface area (Å²) >= 11 is 0. The van der Waals surface area contributed by atoms with Gasteiger partial charge in [0.05, 0.1) is 24.0 Å². The summed E-state index contributed by atoms with van der Waals surface area (Å²) in [7, 11) is -1.76. The van der Waals surface area contributed by atoms with Crippen LogP contribution >= 0.6 is 0 Å². The van der Waals surface area contributed by atoms with Gasteiger partial charge in [0.15, 0.2) is 0 Å². The van der Waals surface area contributed by atoms with Gasteiger partial charge in [-0.15, -0.1) is 0 Å². The average Bonchev–Trinajstić information content (AvgIpc) is 2.96. The van der Waals surface area contributed by atoms with Crippen LogP contribution in [0.25, 0.3) is 0 Å². The Morgan fingerprint density at radius 3 is 2.41 bits per heavy atom. The zero-order valence-electron chi connectivity index (χ0n) is 22.7. The number of hydrogen-bond acceptors (Lipinski definition) is 6. The lowest BCUT2D eigenvalue weighted by atomic mass is 10.0. The molecule has 9 heteroatoms. The first-order valence-corrected chi connectivity index (χ1v) is 14.6. The standard InChI is InChI=1S/C30H37N3O5S/c1-22-18-33(23(2)21-34)30(35)17-25-16-26(31-39(36,37)27-12-8-5-9-13-27)14-15-28(25)38-29(22)20-32(3)19-24-10-6-4-7-11-24/h4-16,22-23,29,31,34H,17-21H2,1-3H3/t22-,23+,29-/m1/s1. The Balaban J connectivity index is 1.63. The highest BCUT2D eigenvalue weighted by atomic mass is 32.2. The minimum atomic E-state index is -3.80. The minimum Gasteiger partial charge on any atom is -0.488 e. The monoisotopic (exact) mass is 551 g/mol. The van der Waals surface area contributed by atoms with E-state index in [1.165, 1.54) is 17.7 Å². The summed E-state index contributed by atoms with van der Waals surface area (Å²) < 4.78 is 35.0. The van der Waals surface area contributed by atoms with E-state index in [1.807, 2.05) is 32.2 Å². The van der Waals surface area contributed by atoms with Crippen LogP contribution in [0.2, 0.25) is 0 Å². The second-order valence-corrected chi connectivity index (χ2v) is 12.0. The van der Waals surface area contributed by atoms with Crippen LogP contribution in [0, 0.1) is 5.92 Å². The first-order valence-electron chi connectivity index (χ1n) is 13.2. The summed E-state index contributed by atoms with van der Waals surface area (Å²) in [5.74, 6) is 0.382. The highest BCUT2D eigenvalue weighted by Gasteiger charge is 2.31. The maximum absolute atomic E-state index is 13.4. The molecular formula is C30H37N3O5S. The molecular weight excluding hydrogens is 514 g/mol. The minimum absolute atomic E-state index is 0.0246. The fraction of sp³-hybridized carbons (Fsp3) is 0.367. The van der Waals surface area contributed by atoms with E-state index in [0.29, 0.717) is 30.1 Å². The van der Waals surface area contributed by atoms with Gasteiger partial charge in [-0.25, -0.2) is 8.42 Å². The highest BCUT2D eigenvalue weighted by molar-refractivity contribution is 7.92. The zero-order valence-corrected chi connectivity index (χ0v) is 23.5. The number of aliphatic hydroxyl groups excluding tert-OH is 1. The van der Waals surface area contributed by atoms with Crippen LogP contribution in [-0.4, -0.2) is 68.1 Å². The van der Waals surface area contributed by atoms with E-state index in [-0.39, 0.29) is 41.9 Å². The zero-order chi connectivity index (χ0) is 28.0. The average molecular weight is 552 g/mol. The van der Waals surface area contributed by atoms with Gasteiger partial charge >= 0.3 is 0 Å². The molecule has 4 rings (SSSR count). The Kier molecular flexibility index (Phi) is 9.27. The number of benzene rings is 3. The van der Waals surface area contributed by atoms with Crippen molar-refractivity contribution in [3.8, 4) is 5.75 Å². The Morgan fingerprint density at radius 1 is 1.08 bits per heavy atom. The number of sulfonamides is 1. The van der Waals surface area contributed by atoms with E-state index in [2.05, 4.69) is 28.7 Å². The van der Waals surface area contributed by atoms with Crippen molar-refractivity contribution in [1.29, 1.82) is 0 Å². The van der Waals surface area contributed by atoms with Crippen LogP contribution in [0.4, 0.5) is 5.69 Å². The molecule has 1 amide bonds. The van der Waals surface area contributed by atoms with Gasteiger partial charge in [-0.2, -0.15) is 0 Å². The fourth-order valence-electron chi connectivity index (χ4n) is 4.79. The molecule has 1 aliphatic heterocycles. The van der Waals surface area contributed by atoms with Crippen molar-refractivity contribution < 1.29 is 23.1 Å². The molecule has 8 nitrogen and oxygen atoms in total. The molecule has 0 bridgehead atoms. The third-order valence-corrected chi connectivity index (χ3v) is 8.41. The predicted octanol–water partition coefficient (Wildman–Crippen LogP) is 3.77. The van der Waals surface area contributed by atoms with Crippen molar-refractivity contribution >= 4 is 21.6 Å². The summed E-state index contributed by atoms with van der Waals surface area (Å²) in [6.45, 7) is 5.53. The van der Waals surface area contributed by atoms with Gasteiger partial charge in [0.25, 0.3) is 10.0 Å². The molecule has 3 atom stereocenters. The van der Waals surface area contributed by atoms with Crippen molar-refractivity contribution in [2.24, 2.45) is 5.92 Å². The molecule has 208 valence electrons. The molecule has 39 heavy (non-hydrogen) atoms. The number of rotatable bonds is 9. The number of likely N-dealkylation sites (N-methyl/N-ethyl adjacent to an activating group) is 1. The predicted molar refractivity (Wildman–Crippen MR) is 152 cm³/mol. The number of ether oxygens (including phenoxy) is 1.